The molecule has 2 saturated carbocycles. The summed E-state index contributed by atoms with van der Waals surface area (Å²) in [5.41, 5.74) is 0. The summed E-state index contributed by atoms with van der Waals surface area (Å²) in [7, 11) is 0. The molecule has 0 heterocycles. The third-order valence-electron chi connectivity index (χ3n) is 3.97. The van der Waals surface area contributed by atoms with E-state index in [9.17, 15) is 0 Å². The van der Waals surface area contributed by atoms with Crippen LogP contribution in [0.15, 0.2) is 0 Å². The van der Waals surface area contributed by atoms with E-state index < -0.39 is 0 Å². The highest BCUT2D eigenvalue weighted by atomic mass is 35.5. The molecule has 3 unspecified atom stereocenters. The third-order valence-corrected chi connectivity index (χ3v) is 4.39. The smallest absolute Gasteiger partial charge is 0.100 e. The summed E-state index contributed by atoms with van der Waals surface area (Å²) in [6, 6.07) is 0. The van der Waals surface area contributed by atoms with Gasteiger partial charge in [0.1, 0.15) is 6.10 Å². The van der Waals surface area contributed by atoms with Gasteiger partial charge in [-0.2, -0.15) is 0 Å². The number of alkyl halides is 1. The van der Waals surface area contributed by atoms with E-state index in [4.69, 9.17) is 21.1 Å². The summed E-state index contributed by atoms with van der Waals surface area (Å²) in [6.45, 7) is 3.84. The first-order valence-electron chi connectivity index (χ1n) is 7.18. The molecule has 3 atom stereocenters. The average Bonchev–Trinajstić information content (AvgIpc) is 2.36. The second kappa shape index (κ2) is 6.96. The lowest BCUT2D eigenvalue weighted by Gasteiger charge is -2.41. The van der Waals surface area contributed by atoms with Gasteiger partial charge in [0.15, 0.2) is 0 Å². The zero-order chi connectivity index (χ0) is 12.1. The molecule has 0 radical (unpaired) electrons. The van der Waals surface area contributed by atoms with Crippen molar-refractivity contribution in [1.29, 1.82) is 0 Å². The molecular weight excluding hydrogens is 236 g/mol. The number of ether oxygens (including phenoxy) is 2. The van der Waals surface area contributed by atoms with Crippen LogP contribution in [-0.2, 0) is 9.47 Å². The van der Waals surface area contributed by atoms with Crippen LogP contribution in [0.25, 0.3) is 0 Å². The van der Waals surface area contributed by atoms with Gasteiger partial charge in [-0.15, -0.1) is 11.6 Å². The highest BCUT2D eigenvalue weighted by molar-refractivity contribution is 6.21. The van der Waals surface area contributed by atoms with Crippen LogP contribution in [0, 0.1) is 5.92 Å². The number of halogens is 1. The van der Waals surface area contributed by atoms with Crippen molar-refractivity contribution in [3.63, 3.8) is 0 Å². The Labute approximate surface area is 110 Å². The van der Waals surface area contributed by atoms with Crippen LogP contribution < -0.4 is 0 Å². The van der Waals surface area contributed by atoms with Crippen LogP contribution in [0.4, 0.5) is 0 Å². The van der Waals surface area contributed by atoms with Crippen molar-refractivity contribution >= 4 is 11.6 Å². The van der Waals surface area contributed by atoms with E-state index in [2.05, 4.69) is 6.92 Å². The monoisotopic (exact) mass is 260 g/mol. The van der Waals surface area contributed by atoms with Gasteiger partial charge in [0.25, 0.3) is 0 Å². The minimum absolute atomic E-state index is 0.139. The van der Waals surface area contributed by atoms with Crippen molar-refractivity contribution in [3.8, 4) is 0 Å². The maximum Gasteiger partial charge on any atom is 0.100 e. The lowest BCUT2D eigenvalue weighted by molar-refractivity contribution is -0.131. The molecule has 3 heteroatoms. The molecule has 0 aromatic heterocycles. The second-order valence-electron chi connectivity index (χ2n) is 5.46. The maximum atomic E-state index is 6.16. The molecular formula is C14H25ClO2. The van der Waals surface area contributed by atoms with Gasteiger partial charge in [-0.3, -0.25) is 0 Å². The molecule has 0 saturated heterocycles. The van der Waals surface area contributed by atoms with Crippen molar-refractivity contribution in [2.24, 2.45) is 5.92 Å². The van der Waals surface area contributed by atoms with E-state index in [0.717, 1.165) is 32.0 Å². The SMILES string of the molecule is CCCOC1C(Cl)CC1OCC1CCCCC1. The Morgan fingerprint density at radius 2 is 1.88 bits per heavy atom. The largest absolute Gasteiger partial charge is 0.375 e. The average molecular weight is 261 g/mol. The molecule has 0 N–H and O–H groups in total. The molecule has 0 aromatic rings. The molecule has 0 spiro atoms. The van der Waals surface area contributed by atoms with Gasteiger partial charge in [0.2, 0.25) is 0 Å². The van der Waals surface area contributed by atoms with E-state index in [1.165, 1.54) is 32.1 Å². The summed E-state index contributed by atoms with van der Waals surface area (Å²) < 4.78 is 11.7. The molecule has 0 bridgehead atoms. The van der Waals surface area contributed by atoms with Crippen LogP contribution in [-0.4, -0.2) is 30.8 Å². The molecule has 0 aliphatic heterocycles. The fraction of sp³-hybridized carbons (Fsp3) is 1.00. The predicted molar refractivity (Wildman–Crippen MR) is 70.6 cm³/mol. The van der Waals surface area contributed by atoms with Gasteiger partial charge in [-0.05, 0) is 31.6 Å². The Balaban J connectivity index is 1.64. The first-order chi connectivity index (χ1) is 8.31. The molecule has 0 aromatic carbocycles. The summed E-state index contributed by atoms with van der Waals surface area (Å²) in [4.78, 5) is 0. The van der Waals surface area contributed by atoms with Gasteiger partial charge >= 0.3 is 0 Å². The van der Waals surface area contributed by atoms with Crippen molar-refractivity contribution in [2.45, 2.75) is 69.5 Å². The lowest BCUT2D eigenvalue weighted by atomic mass is 9.88. The van der Waals surface area contributed by atoms with E-state index in [1.807, 2.05) is 0 Å². The van der Waals surface area contributed by atoms with Crippen LogP contribution in [0.3, 0.4) is 0 Å². The van der Waals surface area contributed by atoms with Gasteiger partial charge in [-0.25, -0.2) is 0 Å². The molecule has 2 nitrogen and oxygen atoms in total. The second-order valence-corrected chi connectivity index (χ2v) is 6.02. The molecule has 17 heavy (non-hydrogen) atoms. The molecule has 0 amide bonds. The minimum atomic E-state index is 0.139. The highest BCUT2D eigenvalue weighted by Crippen LogP contribution is 2.33. The Morgan fingerprint density at radius 3 is 2.53 bits per heavy atom. The maximum absolute atomic E-state index is 6.16. The van der Waals surface area contributed by atoms with Gasteiger partial charge in [0.05, 0.1) is 11.5 Å². The standard InChI is InChI=1S/C14H25ClO2/c1-2-8-16-14-12(15)9-13(14)17-10-11-6-4-3-5-7-11/h11-14H,2-10H2,1H3. The third kappa shape index (κ3) is 3.84. The fourth-order valence-corrected chi connectivity index (χ4v) is 3.18. The Kier molecular flexibility index (Phi) is 5.58. The zero-order valence-electron chi connectivity index (χ0n) is 10.9. The Bertz CT molecular complexity index is 216. The van der Waals surface area contributed by atoms with Crippen molar-refractivity contribution < 1.29 is 9.47 Å². The number of hydrogen-bond donors (Lipinski definition) is 0. The number of hydrogen-bond acceptors (Lipinski definition) is 2. The Morgan fingerprint density at radius 1 is 1.12 bits per heavy atom. The predicted octanol–water partition coefficient (Wildman–Crippen LogP) is 3.76. The van der Waals surface area contributed by atoms with Crippen LogP contribution in [0.1, 0.15) is 51.9 Å². The fourth-order valence-electron chi connectivity index (χ4n) is 2.77. The summed E-state index contributed by atoms with van der Waals surface area (Å²) in [5, 5.41) is 0.165. The normalized spacial score (nSPS) is 34.6. The number of rotatable bonds is 6. The van der Waals surface area contributed by atoms with E-state index in [-0.39, 0.29) is 17.6 Å². The van der Waals surface area contributed by atoms with Crippen LogP contribution >= 0.6 is 11.6 Å². The van der Waals surface area contributed by atoms with Crippen molar-refractivity contribution in [2.75, 3.05) is 13.2 Å². The molecule has 2 aliphatic carbocycles. The summed E-state index contributed by atoms with van der Waals surface area (Å²) in [5.74, 6) is 0.782. The highest BCUT2D eigenvalue weighted by Gasteiger charge is 2.41. The summed E-state index contributed by atoms with van der Waals surface area (Å²) >= 11 is 6.16. The minimum Gasteiger partial charge on any atom is -0.375 e. The van der Waals surface area contributed by atoms with Gasteiger partial charge in [0, 0.05) is 13.2 Å². The van der Waals surface area contributed by atoms with Gasteiger partial charge < -0.3 is 9.47 Å². The van der Waals surface area contributed by atoms with Crippen LogP contribution in [0.5, 0.6) is 0 Å². The van der Waals surface area contributed by atoms with E-state index in [1.54, 1.807) is 0 Å². The Hall–Kier alpha value is 0.210. The van der Waals surface area contributed by atoms with Gasteiger partial charge in [-0.1, -0.05) is 26.2 Å². The van der Waals surface area contributed by atoms with E-state index in [0.29, 0.717) is 0 Å². The van der Waals surface area contributed by atoms with Crippen LogP contribution in [0.2, 0.25) is 0 Å². The molecule has 2 fully saturated rings. The topological polar surface area (TPSA) is 18.5 Å². The zero-order valence-corrected chi connectivity index (χ0v) is 11.6. The van der Waals surface area contributed by atoms with Crippen molar-refractivity contribution in [1.82, 2.24) is 0 Å². The van der Waals surface area contributed by atoms with Crippen molar-refractivity contribution in [3.05, 3.63) is 0 Å². The molecule has 2 aliphatic rings. The first-order valence-corrected chi connectivity index (χ1v) is 7.62. The summed E-state index contributed by atoms with van der Waals surface area (Å²) in [6.07, 6.45) is 9.27. The first kappa shape index (κ1) is 13.6. The lowest BCUT2D eigenvalue weighted by Crippen LogP contribution is -2.51. The van der Waals surface area contributed by atoms with E-state index >= 15 is 0 Å². The molecule has 2 rings (SSSR count). The molecule has 100 valence electrons. The quantitative estimate of drug-likeness (QED) is 0.677.